The molecule has 0 saturated heterocycles. The lowest BCUT2D eigenvalue weighted by atomic mass is 10.1. The van der Waals surface area contributed by atoms with E-state index in [9.17, 15) is 8.42 Å². The third kappa shape index (κ3) is 3.61. The average Bonchev–Trinajstić information content (AvgIpc) is 2.38. The highest BCUT2D eigenvalue weighted by Gasteiger charge is 2.19. The molecule has 2 aromatic rings. The number of rotatable bonds is 4. The predicted molar refractivity (Wildman–Crippen MR) is 84.3 cm³/mol. The van der Waals surface area contributed by atoms with Crippen molar-refractivity contribution in [1.29, 1.82) is 0 Å². The fourth-order valence-corrected chi connectivity index (χ4v) is 3.98. The van der Waals surface area contributed by atoms with Gasteiger partial charge in [-0.15, -0.1) is 0 Å². The first kappa shape index (κ1) is 15.5. The van der Waals surface area contributed by atoms with Crippen LogP contribution in [-0.2, 0) is 10.0 Å². The van der Waals surface area contributed by atoms with Gasteiger partial charge in [0, 0.05) is 15.5 Å². The Bertz CT molecular complexity index is 719. The van der Waals surface area contributed by atoms with Crippen LogP contribution in [-0.4, -0.2) is 8.42 Å². The van der Waals surface area contributed by atoms with Gasteiger partial charge in [-0.2, -0.15) is 0 Å². The van der Waals surface area contributed by atoms with Gasteiger partial charge in [-0.3, -0.25) is 0 Å². The third-order valence-corrected chi connectivity index (χ3v) is 5.31. The standard InChI is InChI=1S/C14H13BrClNO2S/c1-10(13-7-2-3-8-14(13)15)17-20(18,19)12-6-4-5-11(16)9-12/h2-10,17H,1H3. The minimum atomic E-state index is -3.60. The van der Waals surface area contributed by atoms with Crippen LogP contribution in [0.15, 0.2) is 57.9 Å². The van der Waals surface area contributed by atoms with Crippen LogP contribution < -0.4 is 4.72 Å². The molecule has 0 aliphatic rings. The number of halogens is 2. The summed E-state index contributed by atoms with van der Waals surface area (Å²) in [6, 6.07) is 13.3. The molecule has 0 aromatic heterocycles. The van der Waals surface area contributed by atoms with Crippen LogP contribution >= 0.6 is 27.5 Å². The Morgan fingerprint density at radius 1 is 1.15 bits per heavy atom. The van der Waals surface area contributed by atoms with Crippen molar-refractivity contribution in [2.24, 2.45) is 0 Å². The van der Waals surface area contributed by atoms with Crippen LogP contribution in [0.1, 0.15) is 18.5 Å². The highest BCUT2D eigenvalue weighted by molar-refractivity contribution is 9.10. The SMILES string of the molecule is CC(NS(=O)(=O)c1cccc(Cl)c1)c1ccccc1Br. The minimum absolute atomic E-state index is 0.156. The van der Waals surface area contributed by atoms with Gasteiger partial charge in [0.05, 0.1) is 4.90 Å². The van der Waals surface area contributed by atoms with Gasteiger partial charge in [0.15, 0.2) is 0 Å². The molecule has 2 rings (SSSR count). The first-order valence-electron chi connectivity index (χ1n) is 5.92. The van der Waals surface area contributed by atoms with Crippen molar-refractivity contribution in [3.63, 3.8) is 0 Å². The number of benzene rings is 2. The lowest BCUT2D eigenvalue weighted by molar-refractivity contribution is 0.566. The molecule has 0 aliphatic carbocycles. The molecule has 0 aliphatic heterocycles. The van der Waals surface area contributed by atoms with Crippen LogP contribution in [0.2, 0.25) is 5.02 Å². The molecule has 1 unspecified atom stereocenters. The highest BCUT2D eigenvalue weighted by atomic mass is 79.9. The Kier molecular flexibility index (Phi) is 4.86. The molecule has 0 fully saturated rings. The van der Waals surface area contributed by atoms with Gasteiger partial charge in [-0.25, -0.2) is 13.1 Å². The fraction of sp³-hybridized carbons (Fsp3) is 0.143. The number of sulfonamides is 1. The summed E-state index contributed by atoms with van der Waals surface area (Å²) in [5, 5.41) is 0.390. The molecule has 0 spiro atoms. The second-order valence-corrected chi connectivity index (χ2v) is 7.33. The van der Waals surface area contributed by atoms with Crippen molar-refractivity contribution >= 4 is 37.6 Å². The smallest absolute Gasteiger partial charge is 0.207 e. The van der Waals surface area contributed by atoms with E-state index in [1.807, 2.05) is 24.3 Å². The Morgan fingerprint density at radius 2 is 1.85 bits per heavy atom. The van der Waals surface area contributed by atoms with Crippen LogP contribution in [0.25, 0.3) is 0 Å². The molecule has 6 heteroatoms. The van der Waals surface area contributed by atoms with Gasteiger partial charge < -0.3 is 0 Å². The summed E-state index contributed by atoms with van der Waals surface area (Å²) in [5.41, 5.74) is 0.873. The van der Waals surface area contributed by atoms with E-state index in [-0.39, 0.29) is 10.9 Å². The van der Waals surface area contributed by atoms with Gasteiger partial charge >= 0.3 is 0 Å². The number of hydrogen-bond donors (Lipinski definition) is 1. The van der Waals surface area contributed by atoms with Crippen molar-refractivity contribution in [1.82, 2.24) is 4.72 Å². The summed E-state index contributed by atoms with van der Waals surface area (Å²) < 4.78 is 28.1. The molecule has 0 amide bonds. The topological polar surface area (TPSA) is 46.2 Å². The van der Waals surface area contributed by atoms with Crippen molar-refractivity contribution in [2.75, 3.05) is 0 Å². The summed E-state index contributed by atoms with van der Waals surface area (Å²) in [6.07, 6.45) is 0. The second kappa shape index (κ2) is 6.26. The van der Waals surface area contributed by atoms with E-state index in [1.165, 1.54) is 12.1 Å². The van der Waals surface area contributed by atoms with Crippen LogP contribution in [0.4, 0.5) is 0 Å². The molecule has 1 N–H and O–H groups in total. The van der Waals surface area contributed by atoms with E-state index in [4.69, 9.17) is 11.6 Å². The van der Waals surface area contributed by atoms with Gasteiger partial charge in [0.1, 0.15) is 0 Å². The molecular weight excluding hydrogens is 362 g/mol. The zero-order valence-corrected chi connectivity index (χ0v) is 13.8. The van der Waals surface area contributed by atoms with Crippen LogP contribution in [0.3, 0.4) is 0 Å². The van der Waals surface area contributed by atoms with Crippen molar-refractivity contribution in [3.05, 3.63) is 63.6 Å². The zero-order chi connectivity index (χ0) is 14.8. The lowest BCUT2D eigenvalue weighted by Crippen LogP contribution is -2.27. The molecule has 2 aromatic carbocycles. The van der Waals surface area contributed by atoms with E-state index in [0.29, 0.717) is 5.02 Å². The maximum Gasteiger partial charge on any atom is 0.241 e. The van der Waals surface area contributed by atoms with Gasteiger partial charge in [0.2, 0.25) is 10.0 Å². The van der Waals surface area contributed by atoms with Crippen LogP contribution in [0, 0.1) is 0 Å². The minimum Gasteiger partial charge on any atom is -0.207 e. The first-order valence-corrected chi connectivity index (χ1v) is 8.58. The first-order chi connectivity index (χ1) is 9.40. The van der Waals surface area contributed by atoms with E-state index >= 15 is 0 Å². The molecule has 0 radical (unpaired) electrons. The fourth-order valence-electron chi connectivity index (χ4n) is 1.82. The Morgan fingerprint density at radius 3 is 2.50 bits per heavy atom. The highest BCUT2D eigenvalue weighted by Crippen LogP contribution is 2.25. The molecule has 0 saturated carbocycles. The van der Waals surface area contributed by atoms with Crippen molar-refractivity contribution in [3.8, 4) is 0 Å². The maximum absolute atomic E-state index is 12.3. The second-order valence-electron chi connectivity index (χ2n) is 4.32. The monoisotopic (exact) mass is 373 g/mol. The van der Waals surface area contributed by atoms with Crippen LogP contribution in [0.5, 0.6) is 0 Å². The summed E-state index contributed by atoms with van der Waals surface area (Å²) in [5.74, 6) is 0. The van der Waals surface area contributed by atoms with E-state index in [1.54, 1.807) is 19.1 Å². The summed E-state index contributed by atoms with van der Waals surface area (Å²) in [4.78, 5) is 0.156. The average molecular weight is 375 g/mol. The van der Waals surface area contributed by atoms with Gasteiger partial charge in [0.25, 0.3) is 0 Å². The quantitative estimate of drug-likeness (QED) is 0.874. The summed E-state index contributed by atoms with van der Waals surface area (Å²) in [6.45, 7) is 1.79. The Labute approximate surface area is 132 Å². The number of nitrogens with one attached hydrogen (secondary N) is 1. The predicted octanol–water partition coefficient (Wildman–Crippen LogP) is 4.14. The van der Waals surface area contributed by atoms with E-state index in [2.05, 4.69) is 20.7 Å². The van der Waals surface area contributed by atoms with E-state index < -0.39 is 10.0 Å². The van der Waals surface area contributed by atoms with Crippen molar-refractivity contribution in [2.45, 2.75) is 17.9 Å². The Hall–Kier alpha value is -0.880. The Balaban J connectivity index is 2.27. The third-order valence-electron chi connectivity index (χ3n) is 2.81. The molecular formula is C14H13BrClNO2S. The normalized spacial score (nSPS) is 13.2. The zero-order valence-electron chi connectivity index (χ0n) is 10.7. The van der Waals surface area contributed by atoms with Gasteiger partial charge in [-0.1, -0.05) is 51.8 Å². The molecule has 3 nitrogen and oxygen atoms in total. The number of hydrogen-bond acceptors (Lipinski definition) is 2. The summed E-state index contributed by atoms with van der Waals surface area (Å²) >= 11 is 9.25. The molecule has 0 bridgehead atoms. The lowest BCUT2D eigenvalue weighted by Gasteiger charge is -2.16. The maximum atomic E-state index is 12.3. The summed E-state index contributed by atoms with van der Waals surface area (Å²) in [7, 11) is -3.60. The molecule has 106 valence electrons. The largest absolute Gasteiger partial charge is 0.241 e. The van der Waals surface area contributed by atoms with E-state index in [0.717, 1.165) is 10.0 Å². The van der Waals surface area contributed by atoms with Gasteiger partial charge in [-0.05, 0) is 36.8 Å². The molecule has 1 atom stereocenters. The molecule has 0 heterocycles. The van der Waals surface area contributed by atoms with Crippen molar-refractivity contribution < 1.29 is 8.42 Å². The molecule has 20 heavy (non-hydrogen) atoms.